The van der Waals surface area contributed by atoms with Crippen molar-refractivity contribution in [3.63, 3.8) is 0 Å². The number of ketones is 1. The number of methoxy groups -OCH3 is 1. The zero-order valence-corrected chi connectivity index (χ0v) is 14.3. The molecule has 0 unspecified atom stereocenters. The SMILES string of the molecule is COC1(C(=O)Cc2ccc(Br)cc2Cl)CCC(C)CC1. The van der Waals surface area contributed by atoms with Gasteiger partial charge < -0.3 is 4.74 Å². The van der Waals surface area contributed by atoms with Gasteiger partial charge in [0.25, 0.3) is 0 Å². The Bertz CT molecular complexity index is 493. The first kappa shape index (κ1) is 16.0. The van der Waals surface area contributed by atoms with E-state index in [0.29, 0.717) is 17.4 Å². The van der Waals surface area contributed by atoms with Gasteiger partial charge in [0.15, 0.2) is 5.78 Å². The van der Waals surface area contributed by atoms with Gasteiger partial charge in [-0.3, -0.25) is 4.79 Å². The molecule has 1 fully saturated rings. The lowest BCUT2D eigenvalue weighted by molar-refractivity contribution is -0.145. The molecule has 0 N–H and O–H groups in total. The van der Waals surface area contributed by atoms with Gasteiger partial charge in [0.1, 0.15) is 5.60 Å². The highest BCUT2D eigenvalue weighted by Crippen LogP contribution is 2.36. The summed E-state index contributed by atoms with van der Waals surface area (Å²) in [6.07, 6.45) is 4.07. The van der Waals surface area contributed by atoms with Crippen LogP contribution in [0.4, 0.5) is 0 Å². The summed E-state index contributed by atoms with van der Waals surface area (Å²) in [6.45, 7) is 2.23. The van der Waals surface area contributed by atoms with E-state index in [4.69, 9.17) is 16.3 Å². The average molecular weight is 360 g/mol. The maximum absolute atomic E-state index is 12.7. The summed E-state index contributed by atoms with van der Waals surface area (Å²) in [4.78, 5) is 12.7. The van der Waals surface area contributed by atoms with Gasteiger partial charge >= 0.3 is 0 Å². The molecule has 0 atom stereocenters. The molecule has 1 aliphatic carbocycles. The molecule has 0 saturated heterocycles. The minimum Gasteiger partial charge on any atom is -0.370 e. The smallest absolute Gasteiger partial charge is 0.169 e. The number of ether oxygens (including phenoxy) is 1. The van der Waals surface area contributed by atoms with Crippen molar-refractivity contribution < 1.29 is 9.53 Å². The van der Waals surface area contributed by atoms with Gasteiger partial charge in [-0.2, -0.15) is 0 Å². The Morgan fingerprint density at radius 1 is 1.45 bits per heavy atom. The molecule has 0 heterocycles. The zero-order chi connectivity index (χ0) is 14.8. The maximum Gasteiger partial charge on any atom is 0.169 e. The molecule has 0 aliphatic heterocycles. The van der Waals surface area contributed by atoms with E-state index < -0.39 is 5.60 Å². The first-order valence-corrected chi connectivity index (χ1v) is 8.16. The van der Waals surface area contributed by atoms with E-state index in [1.165, 1.54) is 0 Å². The van der Waals surface area contributed by atoms with Gasteiger partial charge in [-0.25, -0.2) is 0 Å². The van der Waals surface area contributed by atoms with Crippen molar-refractivity contribution in [2.24, 2.45) is 5.92 Å². The molecular formula is C16H20BrClO2. The van der Waals surface area contributed by atoms with Crippen LogP contribution in [0.2, 0.25) is 5.02 Å². The maximum atomic E-state index is 12.7. The number of carbonyl (C=O) groups is 1. The van der Waals surface area contributed by atoms with Crippen LogP contribution in [0.15, 0.2) is 22.7 Å². The van der Waals surface area contributed by atoms with E-state index >= 15 is 0 Å². The van der Waals surface area contributed by atoms with Crippen molar-refractivity contribution in [3.05, 3.63) is 33.3 Å². The van der Waals surface area contributed by atoms with Crippen LogP contribution in [-0.4, -0.2) is 18.5 Å². The number of halogens is 2. The lowest BCUT2D eigenvalue weighted by atomic mass is 9.76. The first-order valence-electron chi connectivity index (χ1n) is 6.99. The van der Waals surface area contributed by atoms with Gasteiger partial charge in [-0.1, -0.05) is 40.5 Å². The van der Waals surface area contributed by atoms with Crippen LogP contribution in [0.25, 0.3) is 0 Å². The van der Waals surface area contributed by atoms with Crippen molar-refractivity contribution in [1.82, 2.24) is 0 Å². The van der Waals surface area contributed by atoms with Crippen LogP contribution >= 0.6 is 27.5 Å². The Morgan fingerprint density at radius 2 is 2.10 bits per heavy atom. The van der Waals surface area contributed by atoms with Crippen molar-refractivity contribution in [2.75, 3.05) is 7.11 Å². The van der Waals surface area contributed by atoms with E-state index in [2.05, 4.69) is 22.9 Å². The summed E-state index contributed by atoms with van der Waals surface area (Å²) in [5, 5.41) is 0.628. The fourth-order valence-electron chi connectivity index (χ4n) is 2.82. The Labute approximate surface area is 134 Å². The minimum atomic E-state index is -0.608. The van der Waals surface area contributed by atoms with Gasteiger partial charge in [0, 0.05) is 23.0 Å². The van der Waals surface area contributed by atoms with Crippen LogP contribution in [0.1, 0.15) is 38.2 Å². The third-order valence-corrected chi connectivity index (χ3v) is 5.19. The van der Waals surface area contributed by atoms with Gasteiger partial charge in [0.2, 0.25) is 0 Å². The standard InChI is InChI=1S/C16H20BrClO2/c1-11-5-7-16(20-2,8-6-11)15(19)9-12-3-4-13(17)10-14(12)18/h3-4,10-11H,5-9H2,1-2H3. The molecule has 0 bridgehead atoms. The molecule has 0 spiro atoms. The highest BCUT2D eigenvalue weighted by atomic mass is 79.9. The van der Waals surface area contributed by atoms with E-state index in [1.54, 1.807) is 7.11 Å². The average Bonchev–Trinajstić information content (AvgIpc) is 2.43. The van der Waals surface area contributed by atoms with Crippen molar-refractivity contribution >= 4 is 33.3 Å². The third kappa shape index (κ3) is 3.44. The number of hydrogen-bond donors (Lipinski definition) is 0. The number of Topliss-reactive ketones (excluding diaryl/α,β-unsaturated/α-hetero) is 1. The van der Waals surface area contributed by atoms with E-state index in [-0.39, 0.29) is 5.78 Å². The third-order valence-electron chi connectivity index (χ3n) is 4.35. The summed E-state index contributed by atoms with van der Waals surface area (Å²) in [5.74, 6) is 0.832. The van der Waals surface area contributed by atoms with Crippen LogP contribution in [0.3, 0.4) is 0 Å². The molecule has 110 valence electrons. The highest BCUT2D eigenvalue weighted by molar-refractivity contribution is 9.10. The number of hydrogen-bond acceptors (Lipinski definition) is 2. The summed E-state index contributed by atoms with van der Waals surface area (Å²) in [7, 11) is 1.65. The molecule has 1 aliphatic rings. The second-order valence-corrected chi connectivity index (χ2v) is 7.04. The largest absolute Gasteiger partial charge is 0.370 e. The fraction of sp³-hybridized carbons (Fsp3) is 0.562. The van der Waals surface area contributed by atoms with E-state index in [0.717, 1.165) is 35.7 Å². The van der Waals surface area contributed by atoms with Crippen molar-refractivity contribution in [3.8, 4) is 0 Å². The van der Waals surface area contributed by atoms with Crippen LogP contribution in [-0.2, 0) is 16.0 Å². The highest BCUT2D eigenvalue weighted by Gasteiger charge is 2.40. The van der Waals surface area contributed by atoms with Gasteiger partial charge in [-0.15, -0.1) is 0 Å². The Hall–Kier alpha value is -0.380. The first-order chi connectivity index (χ1) is 9.47. The molecule has 1 saturated carbocycles. The molecule has 20 heavy (non-hydrogen) atoms. The predicted molar refractivity (Wildman–Crippen MR) is 85.2 cm³/mol. The molecule has 1 aromatic rings. The second-order valence-electron chi connectivity index (χ2n) is 5.72. The summed E-state index contributed by atoms with van der Waals surface area (Å²) in [6, 6.07) is 5.64. The Balaban J connectivity index is 2.13. The molecule has 1 aromatic carbocycles. The van der Waals surface area contributed by atoms with Gasteiger partial charge in [-0.05, 0) is 49.3 Å². The van der Waals surface area contributed by atoms with Crippen molar-refractivity contribution in [1.29, 1.82) is 0 Å². The summed E-state index contributed by atoms with van der Waals surface area (Å²) in [5.41, 5.74) is 0.262. The predicted octanol–water partition coefficient (Wildman–Crippen LogP) is 4.81. The molecule has 0 aromatic heterocycles. The second kappa shape index (κ2) is 6.59. The topological polar surface area (TPSA) is 26.3 Å². The minimum absolute atomic E-state index is 0.149. The zero-order valence-electron chi connectivity index (χ0n) is 11.9. The van der Waals surface area contributed by atoms with Crippen LogP contribution in [0.5, 0.6) is 0 Å². The quantitative estimate of drug-likeness (QED) is 0.771. The fourth-order valence-corrected chi connectivity index (χ4v) is 3.56. The van der Waals surface area contributed by atoms with Crippen LogP contribution < -0.4 is 0 Å². The van der Waals surface area contributed by atoms with Gasteiger partial charge in [0.05, 0.1) is 0 Å². The number of rotatable bonds is 4. The monoisotopic (exact) mass is 358 g/mol. The van der Waals surface area contributed by atoms with Crippen molar-refractivity contribution in [2.45, 2.75) is 44.6 Å². The molecule has 0 amide bonds. The molecule has 2 rings (SSSR count). The molecule has 4 heteroatoms. The van der Waals surface area contributed by atoms with E-state index in [1.807, 2.05) is 18.2 Å². The molecule has 0 radical (unpaired) electrons. The van der Waals surface area contributed by atoms with E-state index in [9.17, 15) is 4.79 Å². The number of carbonyl (C=O) groups excluding carboxylic acids is 1. The molecule has 2 nitrogen and oxygen atoms in total. The lowest BCUT2D eigenvalue weighted by Gasteiger charge is -2.37. The summed E-state index contributed by atoms with van der Waals surface area (Å²) >= 11 is 9.58. The number of benzene rings is 1. The van der Waals surface area contributed by atoms with Crippen LogP contribution in [0, 0.1) is 5.92 Å². The summed E-state index contributed by atoms with van der Waals surface area (Å²) < 4.78 is 6.55. The lowest BCUT2D eigenvalue weighted by Crippen LogP contribution is -2.44. The Morgan fingerprint density at radius 3 is 2.65 bits per heavy atom. The normalized spacial score (nSPS) is 26.5. The molecular weight excluding hydrogens is 340 g/mol. The Kier molecular flexibility index (Phi) is 5.27.